The van der Waals surface area contributed by atoms with Gasteiger partial charge in [0.1, 0.15) is 6.04 Å². The van der Waals surface area contributed by atoms with Crippen LogP contribution in [0.2, 0.25) is 0 Å². The first kappa shape index (κ1) is 16.5. The molecule has 5 nitrogen and oxygen atoms in total. The van der Waals surface area contributed by atoms with Crippen LogP contribution in [0.4, 0.5) is 13.2 Å². The first-order chi connectivity index (χ1) is 9.24. The number of esters is 1. The van der Waals surface area contributed by atoms with Gasteiger partial charge in [-0.1, -0.05) is 13.8 Å². The monoisotopic (exact) mass is 293 g/mol. The lowest BCUT2D eigenvalue weighted by atomic mass is 10.2. The predicted molar refractivity (Wildman–Crippen MR) is 65.9 cm³/mol. The van der Waals surface area contributed by atoms with Crippen LogP contribution in [0.3, 0.4) is 0 Å². The van der Waals surface area contributed by atoms with E-state index in [2.05, 4.69) is 10.4 Å². The van der Waals surface area contributed by atoms with E-state index in [1.54, 1.807) is 6.92 Å². The largest absolute Gasteiger partial charge is 0.465 e. The lowest BCUT2D eigenvalue weighted by Gasteiger charge is -2.19. The maximum absolute atomic E-state index is 12.5. The molecule has 1 aromatic rings. The standard InChI is InChI=1S/C12H18F3N3O2/c1-4-20-11(19)10(17-8(2)3)7-18-6-9(5-16-18)12(13,14)15/h5-6,8,10,17H,4,7H2,1-3H3. The SMILES string of the molecule is CCOC(=O)C(Cn1cc(C(F)(F)F)cn1)NC(C)C. The summed E-state index contributed by atoms with van der Waals surface area (Å²) in [5.41, 5.74) is -0.843. The third-order valence-electron chi connectivity index (χ3n) is 2.44. The van der Waals surface area contributed by atoms with Crippen LogP contribution in [0.15, 0.2) is 12.4 Å². The fourth-order valence-corrected chi connectivity index (χ4v) is 1.64. The second kappa shape index (κ2) is 6.74. The number of nitrogens with one attached hydrogen (secondary N) is 1. The van der Waals surface area contributed by atoms with Crippen molar-refractivity contribution in [3.05, 3.63) is 18.0 Å². The summed E-state index contributed by atoms with van der Waals surface area (Å²) in [5, 5.41) is 6.57. The van der Waals surface area contributed by atoms with Crippen LogP contribution in [-0.2, 0) is 22.3 Å². The summed E-state index contributed by atoms with van der Waals surface area (Å²) in [4.78, 5) is 11.7. The van der Waals surface area contributed by atoms with Gasteiger partial charge in [-0.05, 0) is 6.92 Å². The van der Waals surface area contributed by atoms with Crippen molar-refractivity contribution in [3.8, 4) is 0 Å². The highest BCUT2D eigenvalue weighted by molar-refractivity contribution is 5.75. The molecule has 1 unspecified atom stereocenters. The molecule has 0 amide bonds. The number of alkyl halides is 3. The molecule has 8 heteroatoms. The van der Waals surface area contributed by atoms with Gasteiger partial charge in [0.25, 0.3) is 0 Å². The highest BCUT2D eigenvalue weighted by Crippen LogP contribution is 2.28. The quantitative estimate of drug-likeness (QED) is 0.813. The van der Waals surface area contributed by atoms with Gasteiger partial charge in [0.05, 0.1) is 24.9 Å². The number of hydrogen-bond donors (Lipinski definition) is 1. The molecule has 0 spiro atoms. The molecule has 1 heterocycles. The van der Waals surface area contributed by atoms with Gasteiger partial charge in [0.2, 0.25) is 0 Å². The van der Waals surface area contributed by atoms with Crippen molar-refractivity contribution in [3.63, 3.8) is 0 Å². The van der Waals surface area contributed by atoms with Crippen molar-refractivity contribution in [1.82, 2.24) is 15.1 Å². The lowest BCUT2D eigenvalue weighted by Crippen LogP contribution is -2.44. The zero-order chi connectivity index (χ0) is 15.3. The van der Waals surface area contributed by atoms with E-state index in [1.807, 2.05) is 13.8 Å². The summed E-state index contributed by atoms with van der Waals surface area (Å²) in [6.45, 7) is 5.52. The Kier molecular flexibility index (Phi) is 5.55. The summed E-state index contributed by atoms with van der Waals surface area (Å²) < 4.78 is 43.4. The fourth-order valence-electron chi connectivity index (χ4n) is 1.64. The third-order valence-corrected chi connectivity index (χ3v) is 2.44. The molecule has 114 valence electrons. The summed E-state index contributed by atoms with van der Waals surface area (Å²) in [7, 11) is 0. The van der Waals surface area contributed by atoms with Gasteiger partial charge in [0.15, 0.2) is 0 Å². The van der Waals surface area contributed by atoms with Crippen LogP contribution in [0.25, 0.3) is 0 Å². The van der Waals surface area contributed by atoms with Crippen LogP contribution in [0, 0.1) is 0 Å². The molecule has 1 aromatic heterocycles. The highest BCUT2D eigenvalue weighted by atomic mass is 19.4. The topological polar surface area (TPSA) is 56.2 Å². The Morgan fingerprint density at radius 1 is 1.50 bits per heavy atom. The molecule has 0 aliphatic rings. The van der Waals surface area contributed by atoms with Crippen molar-refractivity contribution in [2.45, 2.75) is 45.6 Å². The van der Waals surface area contributed by atoms with Gasteiger partial charge in [-0.15, -0.1) is 0 Å². The Balaban J connectivity index is 2.79. The number of hydrogen-bond acceptors (Lipinski definition) is 4. The Morgan fingerprint density at radius 3 is 2.60 bits per heavy atom. The average molecular weight is 293 g/mol. The lowest BCUT2D eigenvalue weighted by molar-refractivity contribution is -0.146. The van der Waals surface area contributed by atoms with Gasteiger partial charge >= 0.3 is 12.1 Å². The first-order valence-electron chi connectivity index (χ1n) is 6.26. The van der Waals surface area contributed by atoms with E-state index in [0.29, 0.717) is 0 Å². The summed E-state index contributed by atoms with van der Waals surface area (Å²) in [5.74, 6) is -0.509. The second-order valence-corrected chi connectivity index (χ2v) is 4.57. The zero-order valence-corrected chi connectivity index (χ0v) is 11.6. The van der Waals surface area contributed by atoms with E-state index >= 15 is 0 Å². The van der Waals surface area contributed by atoms with Crippen LogP contribution < -0.4 is 5.32 Å². The normalized spacial score (nSPS) is 13.6. The molecule has 1 N–H and O–H groups in total. The molecule has 0 aromatic carbocycles. The zero-order valence-electron chi connectivity index (χ0n) is 11.6. The molecule has 0 bridgehead atoms. The molecule has 0 fully saturated rings. The van der Waals surface area contributed by atoms with Gasteiger partial charge in [-0.3, -0.25) is 9.48 Å². The summed E-state index contributed by atoms with van der Waals surface area (Å²) in [6.07, 6.45) is -2.84. The molecule has 1 atom stereocenters. The molecule has 0 aliphatic heterocycles. The van der Waals surface area contributed by atoms with E-state index in [9.17, 15) is 18.0 Å². The van der Waals surface area contributed by atoms with Gasteiger partial charge in [-0.25, -0.2) is 0 Å². The van der Waals surface area contributed by atoms with Gasteiger partial charge < -0.3 is 10.1 Å². The van der Waals surface area contributed by atoms with Crippen molar-refractivity contribution >= 4 is 5.97 Å². The second-order valence-electron chi connectivity index (χ2n) is 4.57. The smallest absolute Gasteiger partial charge is 0.419 e. The highest BCUT2D eigenvalue weighted by Gasteiger charge is 2.32. The number of halogens is 3. The Bertz CT molecular complexity index is 443. The maximum atomic E-state index is 12.5. The average Bonchev–Trinajstić information content (AvgIpc) is 2.76. The fraction of sp³-hybridized carbons (Fsp3) is 0.667. The minimum Gasteiger partial charge on any atom is -0.465 e. The molecule has 1 rings (SSSR count). The first-order valence-corrected chi connectivity index (χ1v) is 6.26. The van der Waals surface area contributed by atoms with Gasteiger partial charge in [0, 0.05) is 12.2 Å². The molecule has 0 radical (unpaired) electrons. The third kappa shape index (κ3) is 4.84. The van der Waals surface area contributed by atoms with Crippen molar-refractivity contribution in [1.29, 1.82) is 0 Å². The van der Waals surface area contributed by atoms with Crippen molar-refractivity contribution < 1.29 is 22.7 Å². The maximum Gasteiger partial charge on any atom is 0.419 e. The van der Waals surface area contributed by atoms with Gasteiger partial charge in [-0.2, -0.15) is 18.3 Å². The minimum absolute atomic E-state index is 0.0120. The minimum atomic E-state index is -4.44. The molecule has 0 saturated heterocycles. The molecular formula is C12H18F3N3O2. The predicted octanol–water partition coefficient (Wildman–Crippen LogP) is 1.83. The van der Waals surface area contributed by atoms with E-state index in [0.717, 1.165) is 17.1 Å². The van der Waals surface area contributed by atoms with E-state index in [4.69, 9.17) is 4.74 Å². The van der Waals surface area contributed by atoms with Crippen LogP contribution in [-0.4, -0.2) is 34.4 Å². The van der Waals surface area contributed by atoms with E-state index < -0.39 is 23.8 Å². The van der Waals surface area contributed by atoms with E-state index in [1.165, 1.54) is 0 Å². The van der Waals surface area contributed by atoms with Crippen LogP contribution in [0.1, 0.15) is 26.3 Å². The summed E-state index contributed by atoms with van der Waals surface area (Å²) in [6, 6.07) is -0.752. The summed E-state index contributed by atoms with van der Waals surface area (Å²) >= 11 is 0. The Labute approximate surface area is 115 Å². The molecule has 20 heavy (non-hydrogen) atoms. The van der Waals surface area contributed by atoms with E-state index in [-0.39, 0.29) is 19.2 Å². The van der Waals surface area contributed by atoms with Crippen molar-refractivity contribution in [2.75, 3.05) is 6.61 Å². The van der Waals surface area contributed by atoms with Crippen LogP contribution in [0.5, 0.6) is 0 Å². The van der Waals surface area contributed by atoms with Crippen molar-refractivity contribution in [2.24, 2.45) is 0 Å². The number of carbonyl (C=O) groups excluding carboxylic acids is 1. The number of nitrogens with zero attached hydrogens (tertiary/aromatic N) is 2. The Morgan fingerprint density at radius 2 is 2.15 bits per heavy atom. The number of rotatable bonds is 6. The molecule has 0 aliphatic carbocycles. The molecular weight excluding hydrogens is 275 g/mol. The van der Waals surface area contributed by atoms with Crippen LogP contribution >= 0.6 is 0 Å². The number of carbonyl (C=O) groups is 1. The number of ether oxygens (including phenoxy) is 1. The number of aromatic nitrogens is 2. The Hall–Kier alpha value is -1.57. The molecule has 0 saturated carbocycles.